The summed E-state index contributed by atoms with van der Waals surface area (Å²) in [4.78, 5) is 18.0. The minimum Gasteiger partial charge on any atom is -0.480 e. The molecule has 1 aliphatic heterocycles. The van der Waals surface area contributed by atoms with Crippen molar-refractivity contribution in [2.45, 2.75) is 6.42 Å². The number of nitrogens with zero attached hydrogens (tertiary/aromatic N) is 2. The number of pyridine rings is 1. The van der Waals surface area contributed by atoms with Crippen LogP contribution in [-0.4, -0.2) is 35.5 Å². The standard InChI is InChI=1S/C14H12ClIN2O2/c15-10-7-11(16)14(13-9(10)3-1-4-17-13)20-8-12(19)18-5-2-6-18/h1,3-4,7H,2,5-6,8H2. The van der Waals surface area contributed by atoms with Crippen LogP contribution in [0.4, 0.5) is 0 Å². The summed E-state index contributed by atoms with van der Waals surface area (Å²) in [5.74, 6) is 0.644. The number of ether oxygens (including phenoxy) is 1. The molecule has 20 heavy (non-hydrogen) atoms. The Kier molecular flexibility index (Phi) is 3.98. The first-order chi connectivity index (χ1) is 9.66. The molecule has 1 aromatic heterocycles. The molecule has 2 aromatic rings. The minimum absolute atomic E-state index is 0.0195. The summed E-state index contributed by atoms with van der Waals surface area (Å²) in [6.45, 7) is 1.71. The summed E-state index contributed by atoms with van der Waals surface area (Å²) in [6.07, 6.45) is 2.77. The largest absolute Gasteiger partial charge is 0.480 e. The van der Waals surface area contributed by atoms with Crippen molar-refractivity contribution < 1.29 is 9.53 Å². The van der Waals surface area contributed by atoms with Crippen LogP contribution in [0.5, 0.6) is 5.75 Å². The molecule has 0 atom stereocenters. The van der Waals surface area contributed by atoms with Crippen LogP contribution in [0.15, 0.2) is 24.4 Å². The van der Waals surface area contributed by atoms with Crippen molar-refractivity contribution in [3.05, 3.63) is 33.0 Å². The normalized spacial score (nSPS) is 14.2. The summed E-state index contributed by atoms with van der Waals surface area (Å²) < 4.78 is 6.56. The summed E-state index contributed by atoms with van der Waals surface area (Å²) in [6, 6.07) is 5.55. The van der Waals surface area contributed by atoms with E-state index >= 15 is 0 Å². The molecule has 1 aromatic carbocycles. The van der Waals surface area contributed by atoms with Crippen LogP contribution >= 0.6 is 34.2 Å². The molecule has 2 heterocycles. The molecule has 0 unspecified atom stereocenters. The Morgan fingerprint density at radius 2 is 2.30 bits per heavy atom. The summed E-state index contributed by atoms with van der Waals surface area (Å²) in [5.41, 5.74) is 0.695. The van der Waals surface area contributed by atoms with E-state index in [4.69, 9.17) is 16.3 Å². The van der Waals surface area contributed by atoms with Crippen LogP contribution in [0.25, 0.3) is 10.9 Å². The fraction of sp³-hybridized carbons (Fsp3) is 0.286. The third kappa shape index (κ3) is 2.56. The van der Waals surface area contributed by atoms with Crippen LogP contribution in [-0.2, 0) is 4.79 Å². The monoisotopic (exact) mass is 402 g/mol. The average Bonchev–Trinajstić information content (AvgIpc) is 2.36. The number of carbonyl (C=O) groups is 1. The quantitative estimate of drug-likeness (QED) is 0.741. The molecule has 6 heteroatoms. The molecule has 3 rings (SSSR count). The predicted octanol–water partition coefficient (Wildman–Crippen LogP) is 3.10. The number of halogens is 2. The Morgan fingerprint density at radius 1 is 1.50 bits per heavy atom. The lowest BCUT2D eigenvalue weighted by Gasteiger charge is -2.30. The number of amides is 1. The van der Waals surface area contributed by atoms with Crippen molar-refractivity contribution in [3.8, 4) is 5.75 Å². The van der Waals surface area contributed by atoms with E-state index in [-0.39, 0.29) is 12.5 Å². The number of benzene rings is 1. The van der Waals surface area contributed by atoms with E-state index in [1.165, 1.54) is 0 Å². The van der Waals surface area contributed by atoms with Crippen molar-refractivity contribution in [2.75, 3.05) is 19.7 Å². The maximum Gasteiger partial charge on any atom is 0.260 e. The first-order valence-corrected chi connectivity index (χ1v) is 7.76. The zero-order valence-electron chi connectivity index (χ0n) is 10.6. The number of hydrogen-bond acceptors (Lipinski definition) is 3. The number of carbonyl (C=O) groups excluding carboxylic acids is 1. The van der Waals surface area contributed by atoms with Gasteiger partial charge in [-0.1, -0.05) is 11.6 Å². The molecule has 104 valence electrons. The second-order valence-corrected chi connectivity index (χ2v) is 6.16. The maximum absolute atomic E-state index is 11.9. The summed E-state index contributed by atoms with van der Waals surface area (Å²) in [7, 11) is 0. The zero-order valence-corrected chi connectivity index (χ0v) is 13.5. The molecule has 0 aliphatic carbocycles. The van der Waals surface area contributed by atoms with Gasteiger partial charge in [0.15, 0.2) is 12.4 Å². The molecular weight excluding hydrogens is 391 g/mol. The van der Waals surface area contributed by atoms with Gasteiger partial charge in [0.1, 0.15) is 5.52 Å². The molecule has 1 fully saturated rings. The van der Waals surface area contributed by atoms with Crippen molar-refractivity contribution in [1.29, 1.82) is 0 Å². The fourth-order valence-corrected chi connectivity index (χ4v) is 3.24. The van der Waals surface area contributed by atoms with Crippen molar-refractivity contribution >= 4 is 51.0 Å². The van der Waals surface area contributed by atoms with Gasteiger partial charge in [-0.2, -0.15) is 0 Å². The van der Waals surface area contributed by atoms with Gasteiger partial charge in [-0.3, -0.25) is 9.78 Å². The molecule has 0 saturated carbocycles. The molecule has 0 N–H and O–H groups in total. The van der Waals surface area contributed by atoms with Crippen molar-refractivity contribution in [3.63, 3.8) is 0 Å². The number of hydrogen-bond donors (Lipinski definition) is 0. The second-order valence-electron chi connectivity index (χ2n) is 4.59. The summed E-state index contributed by atoms with van der Waals surface area (Å²) in [5, 5.41) is 1.47. The van der Waals surface area contributed by atoms with Crippen LogP contribution in [0.1, 0.15) is 6.42 Å². The van der Waals surface area contributed by atoms with Gasteiger partial charge in [0.2, 0.25) is 0 Å². The Hall–Kier alpha value is -1.08. The highest BCUT2D eigenvalue weighted by atomic mass is 127. The van der Waals surface area contributed by atoms with Crippen molar-refractivity contribution in [2.24, 2.45) is 0 Å². The Morgan fingerprint density at radius 3 is 3.00 bits per heavy atom. The first-order valence-electron chi connectivity index (χ1n) is 6.30. The van der Waals surface area contributed by atoms with Gasteiger partial charge in [-0.05, 0) is 47.2 Å². The number of likely N-dealkylation sites (tertiary alicyclic amines) is 1. The maximum atomic E-state index is 11.9. The number of aromatic nitrogens is 1. The molecule has 0 radical (unpaired) electrons. The van der Waals surface area contributed by atoms with E-state index in [9.17, 15) is 4.79 Å². The molecule has 1 saturated heterocycles. The van der Waals surface area contributed by atoms with E-state index in [1.54, 1.807) is 11.1 Å². The van der Waals surface area contributed by atoms with E-state index < -0.39 is 0 Å². The van der Waals surface area contributed by atoms with E-state index in [0.717, 1.165) is 28.5 Å². The lowest BCUT2D eigenvalue weighted by atomic mass is 10.2. The van der Waals surface area contributed by atoms with E-state index in [2.05, 4.69) is 27.6 Å². The Bertz CT molecular complexity index is 674. The molecular formula is C14H12ClIN2O2. The van der Waals surface area contributed by atoms with Crippen LogP contribution in [0.2, 0.25) is 5.02 Å². The molecule has 1 amide bonds. The average molecular weight is 403 g/mol. The minimum atomic E-state index is 0.0195. The smallest absolute Gasteiger partial charge is 0.260 e. The highest BCUT2D eigenvalue weighted by Crippen LogP contribution is 2.34. The number of rotatable bonds is 3. The highest BCUT2D eigenvalue weighted by Gasteiger charge is 2.21. The second kappa shape index (κ2) is 5.73. The molecule has 0 spiro atoms. The Labute approximate surface area is 135 Å². The van der Waals surface area contributed by atoms with Crippen LogP contribution in [0, 0.1) is 3.57 Å². The van der Waals surface area contributed by atoms with Gasteiger partial charge in [0.25, 0.3) is 5.91 Å². The first kappa shape index (κ1) is 13.9. The molecule has 0 bridgehead atoms. The number of fused-ring (bicyclic) bond motifs is 1. The topological polar surface area (TPSA) is 42.4 Å². The van der Waals surface area contributed by atoms with Gasteiger partial charge < -0.3 is 9.64 Å². The van der Waals surface area contributed by atoms with Crippen LogP contribution in [0.3, 0.4) is 0 Å². The van der Waals surface area contributed by atoms with Crippen LogP contribution < -0.4 is 4.74 Å². The SMILES string of the molecule is O=C(COc1c(I)cc(Cl)c2cccnc12)N1CCC1. The molecule has 1 aliphatic rings. The van der Waals surface area contributed by atoms with Gasteiger partial charge in [-0.15, -0.1) is 0 Å². The predicted molar refractivity (Wildman–Crippen MR) is 86.2 cm³/mol. The lowest BCUT2D eigenvalue weighted by Crippen LogP contribution is -2.44. The highest BCUT2D eigenvalue weighted by molar-refractivity contribution is 14.1. The Balaban J connectivity index is 1.88. The van der Waals surface area contributed by atoms with Crippen molar-refractivity contribution in [1.82, 2.24) is 9.88 Å². The van der Waals surface area contributed by atoms with E-state index in [1.807, 2.05) is 18.2 Å². The van der Waals surface area contributed by atoms with Gasteiger partial charge >= 0.3 is 0 Å². The zero-order chi connectivity index (χ0) is 14.1. The molecule has 4 nitrogen and oxygen atoms in total. The fourth-order valence-electron chi connectivity index (χ4n) is 2.07. The van der Waals surface area contributed by atoms with Gasteiger partial charge in [0.05, 0.1) is 8.59 Å². The van der Waals surface area contributed by atoms with Gasteiger partial charge in [0, 0.05) is 24.7 Å². The van der Waals surface area contributed by atoms with Gasteiger partial charge in [-0.25, -0.2) is 0 Å². The van der Waals surface area contributed by atoms with E-state index in [0.29, 0.717) is 16.3 Å². The summed E-state index contributed by atoms with van der Waals surface area (Å²) >= 11 is 8.35. The third-order valence-corrected chi connectivity index (χ3v) is 4.41. The third-order valence-electron chi connectivity index (χ3n) is 3.30. The lowest BCUT2D eigenvalue weighted by molar-refractivity contribution is -0.136.